The van der Waals surface area contributed by atoms with Crippen molar-refractivity contribution in [1.29, 1.82) is 0 Å². The number of benzene rings is 1. The van der Waals surface area contributed by atoms with Crippen molar-refractivity contribution in [1.82, 2.24) is 0 Å². The van der Waals surface area contributed by atoms with Gasteiger partial charge in [0.2, 0.25) is 0 Å². The fourth-order valence-corrected chi connectivity index (χ4v) is 1.87. The standard InChI is InChI=1S/C16H24O2/c1-2-3-5-11-15(17)12-8-13-16(18)14-9-6-4-7-10-14/h4,6-10,13,15-18H,2-3,5,11-12H2,1H3/b13-8+/t15-,16+/m0/s1. The Labute approximate surface area is 110 Å². The van der Waals surface area contributed by atoms with E-state index in [1.807, 2.05) is 36.4 Å². The molecule has 0 heterocycles. The summed E-state index contributed by atoms with van der Waals surface area (Å²) in [5.41, 5.74) is 0.884. The molecular formula is C16H24O2. The van der Waals surface area contributed by atoms with E-state index in [1.165, 1.54) is 12.8 Å². The predicted octanol–water partition coefficient (Wildman–Crippen LogP) is 3.61. The molecule has 1 aromatic rings. The summed E-state index contributed by atoms with van der Waals surface area (Å²) < 4.78 is 0. The topological polar surface area (TPSA) is 40.5 Å². The van der Waals surface area contributed by atoms with Crippen molar-refractivity contribution in [3.8, 4) is 0 Å². The maximum Gasteiger partial charge on any atom is 0.0971 e. The molecule has 0 unspecified atom stereocenters. The second kappa shape index (κ2) is 8.90. The molecule has 0 amide bonds. The van der Waals surface area contributed by atoms with Gasteiger partial charge in [-0.25, -0.2) is 0 Å². The molecule has 1 aromatic carbocycles. The zero-order chi connectivity index (χ0) is 13.2. The minimum Gasteiger partial charge on any atom is -0.393 e. The van der Waals surface area contributed by atoms with Crippen LogP contribution in [0.2, 0.25) is 0 Å². The van der Waals surface area contributed by atoms with Gasteiger partial charge in [-0.15, -0.1) is 0 Å². The molecule has 0 aliphatic carbocycles. The van der Waals surface area contributed by atoms with Crippen LogP contribution in [0.4, 0.5) is 0 Å². The van der Waals surface area contributed by atoms with Crippen LogP contribution in [0.5, 0.6) is 0 Å². The number of hydrogen-bond acceptors (Lipinski definition) is 2. The SMILES string of the molecule is CCCCC[C@H](O)C/C=C/[C@@H](O)c1ccccc1. The average Bonchev–Trinajstić information content (AvgIpc) is 2.40. The van der Waals surface area contributed by atoms with Crippen molar-refractivity contribution in [3.63, 3.8) is 0 Å². The lowest BCUT2D eigenvalue weighted by molar-refractivity contribution is 0.163. The Balaban J connectivity index is 2.27. The molecule has 0 radical (unpaired) electrons. The predicted molar refractivity (Wildman–Crippen MR) is 75.3 cm³/mol. The molecule has 0 bridgehead atoms. The number of hydrogen-bond donors (Lipinski definition) is 2. The monoisotopic (exact) mass is 248 g/mol. The van der Waals surface area contributed by atoms with Crippen molar-refractivity contribution >= 4 is 0 Å². The number of rotatable bonds is 8. The summed E-state index contributed by atoms with van der Waals surface area (Å²) >= 11 is 0. The summed E-state index contributed by atoms with van der Waals surface area (Å²) in [6, 6.07) is 9.54. The van der Waals surface area contributed by atoms with Gasteiger partial charge in [0.15, 0.2) is 0 Å². The first kappa shape index (κ1) is 14.9. The third-order valence-corrected chi connectivity index (χ3v) is 3.01. The Kier molecular flexibility index (Phi) is 7.38. The van der Waals surface area contributed by atoms with E-state index in [1.54, 1.807) is 6.08 Å². The van der Waals surface area contributed by atoms with Gasteiger partial charge in [-0.05, 0) is 18.4 Å². The molecule has 1 rings (SSSR count). The number of aliphatic hydroxyl groups excluding tert-OH is 2. The Bertz CT molecular complexity index is 332. The highest BCUT2D eigenvalue weighted by molar-refractivity contribution is 5.20. The van der Waals surface area contributed by atoms with Crippen molar-refractivity contribution in [3.05, 3.63) is 48.0 Å². The second-order valence-electron chi connectivity index (χ2n) is 4.67. The molecule has 0 fully saturated rings. The van der Waals surface area contributed by atoms with Gasteiger partial charge in [0.25, 0.3) is 0 Å². The molecule has 0 saturated carbocycles. The average molecular weight is 248 g/mol. The van der Waals surface area contributed by atoms with E-state index in [0.29, 0.717) is 6.42 Å². The molecule has 2 N–H and O–H groups in total. The van der Waals surface area contributed by atoms with Gasteiger partial charge in [-0.1, -0.05) is 68.7 Å². The quantitative estimate of drug-likeness (QED) is 0.545. The maximum atomic E-state index is 9.88. The Hall–Kier alpha value is -1.12. The van der Waals surface area contributed by atoms with Crippen molar-refractivity contribution in [2.75, 3.05) is 0 Å². The third kappa shape index (κ3) is 5.99. The summed E-state index contributed by atoms with van der Waals surface area (Å²) in [6.45, 7) is 2.16. The summed E-state index contributed by atoms with van der Waals surface area (Å²) in [4.78, 5) is 0. The number of aliphatic hydroxyl groups is 2. The van der Waals surface area contributed by atoms with E-state index in [2.05, 4.69) is 6.92 Å². The van der Waals surface area contributed by atoms with Crippen molar-refractivity contribution < 1.29 is 10.2 Å². The highest BCUT2D eigenvalue weighted by atomic mass is 16.3. The first-order chi connectivity index (χ1) is 8.74. The Morgan fingerprint density at radius 1 is 1.11 bits per heavy atom. The van der Waals surface area contributed by atoms with Gasteiger partial charge in [0.1, 0.15) is 0 Å². The molecule has 18 heavy (non-hydrogen) atoms. The van der Waals surface area contributed by atoms with Gasteiger partial charge < -0.3 is 10.2 Å². The first-order valence-electron chi connectivity index (χ1n) is 6.81. The van der Waals surface area contributed by atoms with Gasteiger partial charge >= 0.3 is 0 Å². The Morgan fingerprint density at radius 2 is 1.83 bits per heavy atom. The van der Waals surface area contributed by atoms with E-state index >= 15 is 0 Å². The van der Waals surface area contributed by atoms with Gasteiger partial charge in [0, 0.05) is 0 Å². The minimum absolute atomic E-state index is 0.282. The molecule has 100 valence electrons. The fourth-order valence-electron chi connectivity index (χ4n) is 1.87. The molecule has 0 aromatic heterocycles. The van der Waals surface area contributed by atoms with Crippen LogP contribution in [-0.4, -0.2) is 16.3 Å². The summed E-state index contributed by atoms with van der Waals surface area (Å²) in [5.74, 6) is 0. The molecule has 0 aliphatic rings. The molecule has 0 aliphatic heterocycles. The van der Waals surface area contributed by atoms with E-state index < -0.39 is 6.10 Å². The summed E-state index contributed by atoms with van der Waals surface area (Å²) in [6.07, 6.45) is 7.65. The van der Waals surface area contributed by atoms with Crippen molar-refractivity contribution in [2.45, 2.75) is 51.2 Å². The molecule has 2 atom stereocenters. The van der Waals surface area contributed by atoms with Crippen LogP contribution in [0, 0.1) is 0 Å². The van der Waals surface area contributed by atoms with E-state index in [-0.39, 0.29) is 6.10 Å². The summed E-state index contributed by atoms with van der Waals surface area (Å²) in [5, 5.41) is 19.6. The van der Waals surface area contributed by atoms with Crippen LogP contribution in [0.15, 0.2) is 42.5 Å². The highest BCUT2D eigenvalue weighted by Crippen LogP contribution is 2.14. The molecule has 0 spiro atoms. The zero-order valence-electron chi connectivity index (χ0n) is 11.1. The van der Waals surface area contributed by atoms with E-state index in [0.717, 1.165) is 18.4 Å². The normalized spacial score (nSPS) is 14.8. The fraction of sp³-hybridized carbons (Fsp3) is 0.500. The van der Waals surface area contributed by atoms with Crippen LogP contribution >= 0.6 is 0 Å². The maximum absolute atomic E-state index is 9.88. The molecule has 2 heteroatoms. The van der Waals surface area contributed by atoms with Gasteiger partial charge in [-0.3, -0.25) is 0 Å². The molecule has 2 nitrogen and oxygen atoms in total. The van der Waals surface area contributed by atoms with E-state index in [9.17, 15) is 10.2 Å². The third-order valence-electron chi connectivity index (χ3n) is 3.01. The van der Waals surface area contributed by atoms with Crippen molar-refractivity contribution in [2.24, 2.45) is 0 Å². The molecular weight excluding hydrogens is 224 g/mol. The van der Waals surface area contributed by atoms with Gasteiger partial charge in [-0.2, -0.15) is 0 Å². The van der Waals surface area contributed by atoms with Crippen LogP contribution in [0.3, 0.4) is 0 Å². The smallest absolute Gasteiger partial charge is 0.0971 e. The van der Waals surface area contributed by atoms with Gasteiger partial charge in [0.05, 0.1) is 12.2 Å². The zero-order valence-corrected chi connectivity index (χ0v) is 11.1. The lowest BCUT2D eigenvalue weighted by atomic mass is 10.1. The lowest BCUT2D eigenvalue weighted by Crippen LogP contribution is -2.04. The summed E-state index contributed by atoms with van der Waals surface area (Å²) in [7, 11) is 0. The second-order valence-corrected chi connectivity index (χ2v) is 4.67. The lowest BCUT2D eigenvalue weighted by Gasteiger charge is -2.08. The van der Waals surface area contributed by atoms with E-state index in [4.69, 9.17) is 0 Å². The number of unbranched alkanes of at least 4 members (excludes halogenated alkanes) is 2. The first-order valence-corrected chi connectivity index (χ1v) is 6.81. The van der Waals surface area contributed by atoms with Crippen LogP contribution in [0.25, 0.3) is 0 Å². The molecule has 0 saturated heterocycles. The highest BCUT2D eigenvalue weighted by Gasteiger charge is 2.03. The Morgan fingerprint density at radius 3 is 2.50 bits per heavy atom. The largest absolute Gasteiger partial charge is 0.393 e. The van der Waals surface area contributed by atoms with Crippen LogP contribution in [0.1, 0.15) is 50.7 Å². The van der Waals surface area contributed by atoms with Crippen LogP contribution in [-0.2, 0) is 0 Å². The van der Waals surface area contributed by atoms with Crippen LogP contribution < -0.4 is 0 Å². The minimum atomic E-state index is -0.575.